The van der Waals surface area contributed by atoms with Gasteiger partial charge in [-0.05, 0) is 58.7 Å². The van der Waals surface area contributed by atoms with Gasteiger partial charge in [0.05, 0.1) is 56.7 Å². The highest BCUT2D eigenvalue weighted by molar-refractivity contribution is 6.34. The maximum absolute atomic E-state index is 16.8. The zero-order chi connectivity index (χ0) is 59.1. The molecule has 2 aliphatic rings. The summed E-state index contributed by atoms with van der Waals surface area (Å²) in [5.41, 5.74) is -32.1. The van der Waals surface area contributed by atoms with Gasteiger partial charge in [0.1, 0.15) is 47.0 Å². The van der Waals surface area contributed by atoms with Gasteiger partial charge in [-0.1, -0.05) is 24.3 Å². The lowest BCUT2D eigenvalue weighted by Crippen LogP contribution is -2.14. The van der Waals surface area contributed by atoms with E-state index in [2.05, 4.69) is 0 Å². The Hall–Kier alpha value is -11.3. The first-order valence-corrected chi connectivity index (χ1v) is 21.8. The zero-order valence-electron chi connectivity index (χ0n) is 38.8. The second kappa shape index (κ2) is 20.0. The van der Waals surface area contributed by atoms with Gasteiger partial charge in [0.2, 0.25) is 5.82 Å². The van der Waals surface area contributed by atoms with Crippen LogP contribution in [-0.4, -0.2) is 0 Å². The molecule has 0 amide bonds. The van der Waals surface area contributed by atoms with Crippen LogP contribution in [0.3, 0.4) is 0 Å². The van der Waals surface area contributed by atoms with Crippen molar-refractivity contribution < 1.29 is 74.6 Å². The van der Waals surface area contributed by atoms with Crippen molar-refractivity contribution in [2.45, 2.75) is 0 Å². The molecule has 7 aromatic rings. The molecule has 0 fully saturated rings. The Morgan fingerprint density at radius 2 is 0.494 bits per heavy atom. The molecular formula is C57H10F17N7. The van der Waals surface area contributed by atoms with Gasteiger partial charge in [-0.25, -0.2) is 74.6 Å². The molecule has 392 valence electrons. The first kappa shape index (κ1) is 54.5. The molecule has 0 saturated heterocycles. The topological polar surface area (TPSA) is 167 Å². The van der Waals surface area contributed by atoms with Crippen LogP contribution in [0.25, 0.3) is 44.6 Å². The maximum atomic E-state index is 16.8. The van der Waals surface area contributed by atoms with Crippen LogP contribution in [-0.2, 0) is 0 Å². The van der Waals surface area contributed by atoms with E-state index in [1.54, 1.807) is 24.3 Å². The normalized spacial score (nSPS) is 12.9. The molecule has 0 unspecified atom stereocenters. The SMILES string of the molecule is N#CC1=C(c2ccc(C#N)cc2)C(=C(c2c(F)c(F)c(C#N)c(F)c2F)c2c(F)c(F)c(C#N)c(F)c2F)c2cc3c(cc21)/C(=C(\c1c(F)c(F)c(F)c(F)c1F)c1c(F)c(F)c(C#N)c(F)c1F)C(c1ccc(C#N)cc1)=C3C#N. The third-order valence-corrected chi connectivity index (χ3v) is 12.9. The van der Waals surface area contributed by atoms with Gasteiger partial charge in [0, 0.05) is 44.6 Å². The molecule has 0 radical (unpaired) electrons. The Labute approximate surface area is 440 Å². The van der Waals surface area contributed by atoms with Crippen molar-refractivity contribution in [2.24, 2.45) is 0 Å². The number of allylic oxidation sites excluding steroid dienone is 6. The van der Waals surface area contributed by atoms with E-state index in [4.69, 9.17) is 0 Å². The van der Waals surface area contributed by atoms with Crippen LogP contribution >= 0.6 is 0 Å². The van der Waals surface area contributed by atoms with Gasteiger partial charge in [0.15, 0.2) is 93.1 Å². The summed E-state index contributed by atoms with van der Waals surface area (Å²) in [4.78, 5) is 0. The van der Waals surface area contributed by atoms with Crippen molar-refractivity contribution >= 4 is 44.6 Å². The Kier molecular flexibility index (Phi) is 13.4. The minimum absolute atomic E-state index is 0.232. The molecule has 7 nitrogen and oxygen atoms in total. The molecular weight excluding hydrogens is 1110 g/mol. The van der Waals surface area contributed by atoms with Crippen molar-refractivity contribution in [2.75, 3.05) is 0 Å². The predicted octanol–water partition coefficient (Wildman–Crippen LogP) is 14.2. The summed E-state index contributed by atoms with van der Waals surface area (Å²) >= 11 is 0. The van der Waals surface area contributed by atoms with Crippen LogP contribution in [0.1, 0.15) is 83.5 Å². The van der Waals surface area contributed by atoms with Gasteiger partial charge < -0.3 is 0 Å². The highest BCUT2D eigenvalue weighted by atomic mass is 19.2. The summed E-state index contributed by atoms with van der Waals surface area (Å²) in [7, 11) is 0. The Morgan fingerprint density at radius 3 is 0.716 bits per heavy atom. The highest BCUT2D eigenvalue weighted by Crippen LogP contribution is 2.59. The van der Waals surface area contributed by atoms with Crippen LogP contribution in [0.2, 0.25) is 0 Å². The fourth-order valence-electron chi connectivity index (χ4n) is 9.39. The molecule has 0 spiro atoms. The average molecular weight is 1120 g/mol. The summed E-state index contributed by atoms with van der Waals surface area (Å²) in [5, 5.41) is 69.8. The third kappa shape index (κ3) is 7.75. The van der Waals surface area contributed by atoms with Gasteiger partial charge in [-0.3, -0.25) is 0 Å². The highest BCUT2D eigenvalue weighted by Gasteiger charge is 2.44. The lowest BCUT2D eigenvalue weighted by atomic mass is 9.82. The summed E-state index contributed by atoms with van der Waals surface area (Å²) in [6.07, 6.45) is 0. The summed E-state index contributed by atoms with van der Waals surface area (Å²) in [6, 6.07) is 17.2. The van der Waals surface area contributed by atoms with Crippen LogP contribution in [0.4, 0.5) is 74.6 Å². The molecule has 0 saturated carbocycles. The van der Waals surface area contributed by atoms with Crippen LogP contribution in [0, 0.1) is 178 Å². The second-order valence-corrected chi connectivity index (χ2v) is 16.8. The Morgan fingerprint density at radius 1 is 0.259 bits per heavy atom. The molecule has 0 N–H and O–H groups in total. The standard InChI is InChI=1S/C57H10F17N7/c58-41-28(15-79)42(59)48(65)37(47(41)64)35(38-49(66)43(60)29(16-80)44(61)50(38)67)33-24-9-23-25(10-22(24)26(13-77)31(33)20-5-1-18(11-75)2-6-20)34(32(27(23)14-78)21-7-3-19(12-76)4-8-21)36(40-53(70)55(72)57(74)56(73)54(40)71)39-51(68)45(62)30(17-81)46(63)52(39)69/h1-10H/b36-34+. The molecule has 0 aromatic heterocycles. The minimum Gasteiger partial charge on any atom is -0.203 e. The first-order valence-electron chi connectivity index (χ1n) is 21.8. The molecule has 0 aliphatic heterocycles. The van der Waals surface area contributed by atoms with Gasteiger partial charge in [-0.2, -0.15) is 36.8 Å². The fourth-order valence-corrected chi connectivity index (χ4v) is 9.39. The number of benzene rings is 7. The fraction of sp³-hybridized carbons (Fsp3) is 0. The monoisotopic (exact) mass is 1120 g/mol. The number of rotatable bonds is 6. The smallest absolute Gasteiger partial charge is 0.200 e. The maximum Gasteiger partial charge on any atom is 0.200 e. The predicted molar refractivity (Wildman–Crippen MR) is 245 cm³/mol. The van der Waals surface area contributed by atoms with E-state index in [1.165, 1.54) is 0 Å². The molecule has 24 heteroatoms. The summed E-state index contributed by atoms with van der Waals surface area (Å²) in [6.45, 7) is 0. The molecule has 2 aliphatic carbocycles. The number of hydrogen-bond donors (Lipinski definition) is 0. The minimum atomic E-state index is -2.97. The second-order valence-electron chi connectivity index (χ2n) is 16.8. The van der Waals surface area contributed by atoms with E-state index in [0.717, 1.165) is 66.7 Å². The molecule has 0 bridgehead atoms. The Balaban J connectivity index is 1.64. The van der Waals surface area contributed by atoms with Gasteiger partial charge in [0.25, 0.3) is 0 Å². The van der Waals surface area contributed by atoms with E-state index in [1.807, 2.05) is 0 Å². The van der Waals surface area contributed by atoms with Gasteiger partial charge in [-0.15, -0.1) is 0 Å². The number of nitriles is 7. The van der Waals surface area contributed by atoms with Crippen molar-refractivity contribution in [3.8, 4) is 42.5 Å². The summed E-state index contributed by atoms with van der Waals surface area (Å²) in [5.74, 6) is -47.1. The number of fused-ring (bicyclic) bond motifs is 2. The van der Waals surface area contributed by atoms with E-state index >= 15 is 70.2 Å². The third-order valence-electron chi connectivity index (χ3n) is 12.9. The van der Waals surface area contributed by atoms with Crippen molar-refractivity contribution in [1.82, 2.24) is 0 Å². The van der Waals surface area contributed by atoms with Crippen LogP contribution in [0.15, 0.2) is 60.7 Å². The number of nitrogens with zero attached hydrogens (tertiary/aromatic N) is 7. The lowest BCUT2D eigenvalue weighted by Gasteiger charge is -2.22. The van der Waals surface area contributed by atoms with Crippen molar-refractivity contribution in [3.05, 3.63) is 243 Å². The van der Waals surface area contributed by atoms with E-state index < -0.39 is 216 Å². The summed E-state index contributed by atoms with van der Waals surface area (Å²) < 4.78 is 275. The molecule has 81 heavy (non-hydrogen) atoms. The van der Waals surface area contributed by atoms with E-state index in [-0.39, 0.29) is 11.1 Å². The number of hydrogen-bond acceptors (Lipinski definition) is 7. The van der Waals surface area contributed by atoms with E-state index in [9.17, 15) is 41.2 Å². The van der Waals surface area contributed by atoms with Crippen LogP contribution < -0.4 is 0 Å². The average Bonchev–Trinajstić information content (AvgIpc) is 2.91. The van der Waals surface area contributed by atoms with Crippen LogP contribution in [0.5, 0.6) is 0 Å². The molecule has 9 rings (SSSR count). The van der Waals surface area contributed by atoms with Crippen molar-refractivity contribution in [1.29, 1.82) is 36.8 Å². The first-order chi connectivity index (χ1) is 38.5. The quantitative estimate of drug-likeness (QED) is 0.0907. The molecule has 7 aromatic carbocycles. The number of halogens is 17. The molecule has 0 atom stereocenters. The van der Waals surface area contributed by atoms with Crippen molar-refractivity contribution in [3.63, 3.8) is 0 Å². The van der Waals surface area contributed by atoms with E-state index in [0.29, 0.717) is 12.1 Å². The zero-order valence-corrected chi connectivity index (χ0v) is 38.8. The Bertz CT molecular complexity index is 4400. The lowest BCUT2D eigenvalue weighted by molar-refractivity contribution is 0.376. The van der Waals surface area contributed by atoms with Gasteiger partial charge >= 0.3 is 0 Å². The largest absolute Gasteiger partial charge is 0.203 e. The molecule has 0 heterocycles.